The van der Waals surface area contributed by atoms with Crippen LogP contribution in [0.5, 0.6) is 0 Å². The third-order valence-corrected chi connectivity index (χ3v) is 6.18. The Labute approximate surface area is 197 Å². The highest BCUT2D eigenvalue weighted by Gasteiger charge is 2.18. The average Bonchev–Trinajstić information content (AvgIpc) is 3.07. The van der Waals surface area contributed by atoms with Crippen LogP contribution in [0, 0.1) is 34.6 Å². The third kappa shape index (κ3) is 5.09. The molecule has 5 nitrogen and oxygen atoms in total. The van der Waals surface area contributed by atoms with Crippen molar-refractivity contribution in [3.8, 4) is 11.1 Å². The van der Waals surface area contributed by atoms with Gasteiger partial charge < -0.3 is 15.2 Å². The normalized spacial score (nSPS) is 11.3. The molecular weight excluding hydrogens is 406 g/mol. The number of fused-ring (bicyclic) bond motifs is 1. The Kier molecular flexibility index (Phi) is 6.80. The first-order valence-corrected chi connectivity index (χ1v) is 11.8. The molecule has 4 rings (SSSR count). The van der Waals surface area contributed by atoms with Crippen LogP contribution in [0.4, 0.5) is 5.82 Å². The zero-order chi connectivity index (χ0) is 23.5. The predicted molar refractivity (Wildman–Crippen MR) is 139 cm³/mol. The van der Waals surface area contributed by atoms with Crippen LogP contribution in [0.3, 0.4) is 0 Å². The van der Waals surface area contributed by atoms with Crippen LogP contribution in [0.2, 0.25) is 0 Å². The van der Waals surface area contributed by atoms with Gasteiger partial charge in [0.2, 0.25) is 0 Å². The summed E-state index contributed by atoms with van der Waals surface area (Å²) in [6.45, 7) is 13.3. The molecule has 2 aromatic carbocycles. The maximum Gasteiger partial charge on any atom is 0.154 e. The lowest BCUT2D eigenvalue weighted by atomic mass is 9.95. The summed E-state index contributed by atoms with van der Waals surface area (Å²) in [5, 5.41) is 7.08. The minimum absolute atomic E-state index is 0.784. The van der Waals surface area contributed by atoms with Crippen molar-refractivity contribution in [2.45, 2.75) is 41.0 Å². The van der Waals surface area contributed by atoms with Gasteiger partial charge >= 0.3 is 0 Å². The lowest BCUT2D eigenvalue weighted by Crippen LogP contribution is -2.24. The molecular formula is C28H35N5. The second-order valence-electron chi connectivity index (χ2n) is 9.16. The van der Waals surface area contributed by atoms with Crippen LogP contribution in [0.25, 0.3) is 22.2 Å². The molecule has 0 unspecified atom stereocenters. The fourth-order valence-corrected chi connectivity index (χ4v) is 4.70. The molecule has 4 aromatic rings. The molecule has 5 heteroatoms. The quantitative estimate of drug-likeness (QED) is 0.359. The molecule has 0 bridgehead atoms. The van der Waals surface area contributed by atoms with Crippen molar-refractivity contribution in [1.29, 1.82) is 0 Å². The Hall–Kier alpha value is -3.18. The zero-order valence-corrected chi connectivity index (χ0v) is 20.7. The summed E-state index contributed by atoms with van der Waals surface area (Å²) < 4.78 is 2.15. The highest BCUT2D eigenvalue weighted by atomic mass is 15.1. The fourth-order valence-electron chi connectivity index (χ4n) is 4.70. The number of hydrogen-bond acceptors (Lipinski definition) is 4. The van der Waals surface area contributed by atoms with E-state index in [1.165, 1.54) is 38.9 Å². The molecule has 0 spiro atoms. The molecule has 0 saturated carbocycles. The van der Waals surface area contributed by atoms with Crippen molar-refractivity contribution in [3.63, 3.8) is 0 Å². The topological polar surface area (TPSA) is 54.8 Å². The molecule has 0 fully saturated rings. The van der Waals surface area contributed by atoms with Gasteiger partial charge in [-0.05, 0) is 69.8 Å². The second-order valence-corrected chi connectivity index (χ2v) is 9.16. The molecule has 0 saturated heterocycles. The number of aryl methyl sites for hydroxylation is 6. The number of rotatable bonds is 8. The Morgan fingerprint density at radius 2 is 1.52 bits per heavy atom. The van der Waals surface area contributed by atoms with Crippen molar-refractivity contribution in [2.75, 3.05) is 25.0 Å². The summed E-state index contributed by atoms with van der Waals surface area (Å²) >= 11 is 0. The smallest absolute Gasteiger partial charge is 0.154 e. The van der Waals surface area contributed by atoms with Crippen LogP contribution in [0.15, 0.2) is 42.6 Å². The van der Waals surface area contributed by atoms with Crippen LogP contribution < -0.4 is 10.6 Å². The number of nitrogens with zero attached hydrogens (tertiary/aromatic N) is 3. The molecule has 0 aliphatic heterocycles. The van der Waals surface area contributed by atoms with Crippen LogP contribution in [-0.4, -0.2) is 34.2 Å². The number of anilines is 1. The van der Waals surface area contributed by atoms with Gasteiger partial charge in [-0.25, -0.2) is 9.97 Å². The minimum atomic E-state index is 0.784. The molecule has 0 amide bonds. The molecule has 2 heterocycles. The number of aromatic nitrogens is 3. The minimum Gasteiger partial charge on any atom is -0.367 e. The van der Waals surface area contributed by atoms with E-state index < -0.39 is 0 Å². The van der Waals surface area contributed by atoms with Crippen molar-refractivity contribution in [1.82, 2.24) is 19.9 Å². The first-order valence-electron chi connectivity index (χ1n) is 11.8. The summed E-state index contributed by atoms with van der Waals surface area (Å²) in [6.07, 6.45) is 3.22. The summed E-state index contributed by atoms with van der Waals surface area (Å²) in [4.78, 5) is 9.58. The maximum absolute atomic E-state index is 4.85. The lowest BCUT2D eigenvalue weighted by Gasteiger charge is -2.12. The summed E-state index contributed by atoms with van der Waals surface area (Å²) in [5.74, 6) is 1.68. The van der Waals surface area contributed by atoms with Gasteiger partial charge in [0.05, 0.1) is 0 Å². The molecule has 2 aromatic heterocycles. The monoisotopic (exact) mass is 441 g/mol. The Morgan fingerprint density at radius 1 is 0.818 bits per heavy atom. The highest BCUT2D eigenvalue weighted by molar-refractivity contribution is 5.99. The Morgan fingerprint density at radius 3 is 2.21 bits per heavy atom. The van der Waals surface area contributed by atoms with E-state index in [1.807, 2.05) is 6.92 Å². The highest BCUT2D eigenvalue weighted by Crippen LogP contribution is 2.36. The van der Waals surface area contributed by atoms with E-state index >= 15 is 0 Å². The van der Waals surface area contributed by atoms with Gasteiger partial charge in [0.1, 0.15) is 16.9 Å². The van der Waals surface area contributed by atoms with Gasteiger partial charge in [0.25, 0.3) is 0 Å². The summed E-state index contributed by atoms with van der Waals surface area (Å²) in [7, 11) is 2.08. The van der Waals surface area contributed by atoms with Crippen molar-refractivity contribution < 1.29 is 0 Å². The van der Waals surface area contributed by atoms with Crippen LogP contribution >= 0.6 is 0 Å². The van der Waals surface area contributed by atoms with E-state index in [0.29, 0.717) is 0 Å². The molecule has 0 radical (unpaired) electrons. The first kappa shape index (κ1) is 23.0. The second kappa shape index (κ2) is 9.75. The molecule has 0 aliphatic rings. The molecule has 0 aliphatic carbocycles. The summed E-state index contributed by atoms with van der Waals surface area (Å²) in [6, 6.07) is 13.3. The molecule has 172 valence electrons. The van der Waals surface area contributed by atoms with E-state index in [-0.39, 0.29) is 0 Å². The summed E-state index contributed by atoms with van der Waals surface area (Å²) in [5.41, 5.74) is 11.0. The number of nitrogens with one attached hydrogen (secondary N) is 2. The van der Waals surface area contributed by atoms with Crippen molar-refractivity contribution in [2.24, 2.45) is 7.05 Å². The number of benzene rings is 2. The maximum atomic E-state index is 4.85. The first-order chi connectivity index (χ1) is 15.8. The average molecular weight is 442 g/mol. The van der Waals surface area contributed by atoms with Crippen molar-refractivity contribution in [3.05, 3.63) is 76.2 Å². The number of hydrogen-bond donors (Lipinski definition) is 2. The standard InChI is InChI=1S/C28H35N5/c1-18-7-9-23(10-8-18)11-12-29-13-14-30-28-27-26(31-22(5)32-28)24(17-33(27)6)25-20(3)15-19(2)16-21(25)4/h7-10,15-17,29H,11-14H2,1-6H3,(H,30,31,32). The van der Waals surface area contributed by atoms with Crippen molar-refractivity contribution >= 4 is 16.9 Å². The third-order valence-electron chi connectivity index (χ3n) is 6.18. The molecule has 33 heavy (non-hydrogen) atoms. The van der Waals surface area contributed by atoms with E-state index in [9.17, 15) is 0 Å². The van der Waals surface area contributed by atoms with E-state index in [1.54, 1.807) is 0 Å². The Bertz CT molecular complexity index is 1240. The zero-order valence-electron chi connectivity index (χ0n) is 20.7. The predicted octanol–water partition coefficient (Wildman–Crippen LogP) is 5.42. The molecule has 0 atom stereocenters. The SMILES string of the molecule is Cc1ccc(CCNCCNc2nc(C)nc3c(-c4c(C)cc(C)cc4C)cn(C)c23)cc1. The van der Waals surface area contributed by atoms with Gasteiger partial charge in [-0.15, -0.1) is 0 Å². The van der Waals surface area contributed by atoms with Gasteiger partial charge in [-0.2, -0.15) is 0 Å². The van der Waals surface area contributed by atoms with E-state index in [0.717, 1.165) is 48.7 Å². The lowest BCUT2D eigenvalue weighted by molar-refractivity contribution is 0.698. The van der Waals surface area contributed by atoms with E-state index in [2.05, 4.69) is 92.5 Å². The van der Waals surface area contributed by atoms with Gasteiger partial charge in [0, 0.05) is 31.9 Å². The fraction of sp³-hybridized carbons (Fsp3) is 0.357. The van der Waals surface area contributed by atoms with Gasteiger partial charge in [0.15, 0.2) is 5.82 Å². The van der Waals surface area contributed by atoms with Crippen LogP contribution in [0.1, 0.15) is 33.6 Å². The van der Waals surface area contributed by atoms with E-state index in [4.69, 9.17) is 9.97 Å². The largest absolute Gasteiger partial charge is 0.367 e. The Balaban J connectivity index is 1.48. The van der Waals surface area contributed by atoms with Crippen LogP contribution in [-0.2, 0) is 13.5 Å². The molecule has 2 N–H and O–H groups in total. The van der Waals surface area contributed by atoms with Gasteiger partial charge in [-0.3, -0.25) is 0 Å². The van der Waals surface area contributed by atoms with Gasteiger partial charge in [-0.1, -0.05) is 47.5 Å².